The molecule has 1 N–H and O–H groups in total. The van der Waals surface area contributed by atoms with Crippen molar-refractivity contribution in [3.8, 4) is 17.2 Å². The maximum Gasteiger partial charge on any atom is 0.258 e. The lowest BCUT2D eigenvalue weighted by atomic mass is 10.0. The fourth-order valence-electron chi connectivity index (χ4n) is 2.79. The maximum absolute atomic E-state index is 12.1. The molecule has 0 aliphatic carbocycles. The number of carbonyl (C=O) groups is 1. The van der Waals surface area contributed by atoms with Gasteiger partial charge in [-0.25, -0.2) is 0 Å². The number of ether oxygens (including phenoxy) is 2. The van der Waals surface area contributed by atoms with E-state index >= 15 is 0 Å². The first kappa shape index (κ1) is 18.3. The van der Waals surface area contributed by atoms with Crippen LogP contribution >= 0.6 is 0 Å². The van der Waals surface area contributed by atoms with Gasteiger partial charge in [0.2, 0.25) is 12.3 Å². The highest BCUT2D eigenvalue weighted by Crippen LogP contribution is 2.20. The van der Waals surface area contributed by atoms with Crippen LogP contribution in [0.5, 0.6) is 5.75 Å². The monoisotopic (exact) mass is 360 g/mol. The lowest BCUT2D eigenvalue weighted by Crippen LogP contribution is -2.55. The Balaban J connectivity index is 1.43. The van der Waals surface area contributed by atoms with Gasteiger partial charge in [-0.1, -0.05) is 0 Å². The van der Waals surface area contributed by atoms with Crippen LogP contribution in [0.4, 0.5) is 0 Å². The summed E-state index contributed by atoms with van der Waals surface area (Å²) >= 11 is 0. The molecule has 26 heavy (non-hydrogen) atoms. The van der Waals surface area contributed by atoms with E-state index in [0.29, 0.717) is 18.2 Å². The third kappa shape index (κ3) is 4.80. The smallest absolute Gasteiger partial charge is 0.258 e. The van der Waals surface area contributed by atoms with E-state index in [1.54, 1.807) is 12.1 Å². The van der Waals surface area contributed by atoms with Crippen molar-refractivity contribution in [1.29, 1.82) is 0 Å². The highest BCUT2D eigenvalue weighted by atomic mass is 16.5. The standard InChI is InChI=1S/C18H24N4O4/c1-18(2,22-7-9-24-10-8-22)12-19-16(23)11-25-15-5-3-14(4-6-15)17-21-20-13-26-17/h3-6,13H,7-12H2,1-2H3,(H,19,23). The Morgan fingerprint density at radius 3 is 2.65 bits per heavy atom. The van der Waals surface area contributed by atoms with Crippen LogP contribution in [0.25, 0.3) is 11.5 Å². The Morgan fingerprint density at radius 1 is 1.27 bits per heavy atom. The van der Waals surface area contributed by atoms with Gasteiger partial charge in [-0.15, -0.1) is 10.2 Å². The van der Waals surface area contributed by atoms with Crippen LogP contribution in [0.1, 0.15) is 13.8 Å². The third-order valence-corrected chi connectivity index (χ3v) is 4.42. The van der Waals surface area contributed by atoms with Gasteiger partial charge >= 0.3 is 0 Å². The molecule has 0 saturated carbocycles. The molecule has 1 aliphatic rings. The number of rotatable bonds is 7. The Morgan fingerprint density at radius 2 is 2.00 bits per heavy atom. The number of aromatic nitrogens is 2. The molecule has 0 bridgehead atoms. The molecule has 0 radical (unpaired) electrons. The number of nitrogens with one attached hydrogen (secondary N) is 1. The molecule has 2 heterocycles. The Labute approximate surface area is 152 Å². The summed E-state index contributed by atoms with van der Waals surface area (Å²) in [6.07, 6.45) is 1.28. The van der Waals surface area contributed by atoms with Crippen molar-refractivity contribution in [1.82, 2.24) is 20.4 Å². The van der Waals surface area contributed by atoms with Crippen molar-refractivity contribution in [2.45, 2.75) is 19.4 Å². The summed E-state index contributed by atoms with van der Waals surface area (Å²) in [4.78, 5) is 14.4. The third-order valence-electron chi connectivity index (χ3n) is 4.42. The normalized spacial score (nSPS) is 15.6. The van der Waals surface area contributed by atoms with Gasteiger partial charge in [0.25, 0.3) is 5.91 Å². The van der Waals surface area contributed by atoms with Crippen LogP contribution in [0.3, 0.4) is 0 Å². The summed E-state index contributed by atoms with van der Waals surface area (Å²) in [5, 5.41) is 10.4. The molecule has 1 aromatic heterocycles. The van der Waals surface area contributed by atoms with Crippen LogP contribution < -0.4 is 10.1 Å². The van der Waals surface area contributed by atoms with E-state index in [1.807, 2.05) is 12.1 Å². The van der Waals surface area contributed by atoms with Gasteiger partial charge in [-0.3, -0.25) is 9.69 Å². The summed E-state index contributed by atoms with van der Waals surface area (Å²) in [5.41, 5.74) is 0.678. The van der Waals surface area contributed by atoms with E-state index in [0.717, 1.165) is 31.9 Å². The first-order valence-electron chi connectivity index (χ1n) is 8.63. The van der Waals surface area contributed by atoms with Crippen molar-refractivity contribution in [2.24, 2.45) is 0 Å². The number of morpholine rings is 1. The molecule has 2 aromatic rings. The van der Waals surface area contributed by atoms with Crippen LogP contribution in [0.15, 0.2) is 35.1 Å². The molecule has 0 atom stereocenters. The van der Waals surface area contributed by atoms with E-state index in [1.165, 1.54) is 6.39 Å². The first-order valence-corrected chi connectivity index (χ1v) is 8.63. The van der Waals surface area contributed by atoms with Crippen LogP contribution in [0, 0.1) is 0 Å². The molecular weight excluding hydrogens is 336 g/mol. The van der Waals surface area contributed by atoms with E-state index in [9.17, 15) is 4.79 Å². The molecule has 8 nitrogen and oxygen atoms in total. The van der Waals surface area contributed by atoms with Gasteiger partial charge in [-0.2, -0.15) is 0 Å². The van der Waals surface area contributed by atoms with E-state index < -0.39 is 0 Å². The second-order valence-electron chi connectivity index (χ2n) is 6.75. The number of carbonyl (C=O) groups excluding carboxylic acids is 1. The summed E-state index contributed by atoms with van der Waals surface area (Å²) in [7, 11) is 0. The van der Waals surface area contributed by atoms with Gasteiger partial charge in [0.15, 0.2) is 6.61 Å². The Bertz CT molecular complexity index is 694. The van der Waals surface area contributed by atoms with Gasteiger partial charge in [0, 0.05) is 30.7 Å². The van der Waals surface area contributed by atoms with Gasteiger partial charge in [0.05, 0.1) is 13.2 Å². The van der Waals surface area contributed by atoms with Gasteiger partial charge < -0.3 is 19.2 Å². The van der Waals surface area contributed by atoms with Crippen LogP contribution in [0.2, 0.25) is 0 Å². The summed E-state index contributed by atoms with van der Waals surface area (Å²) in [6, 6.07) is 7.15. The molecule has 1 aliphatic heterocycles. The second kappa shape index (κ2) is 8.29. The predicted molar refractivity (Wildman–Crippen MR) is 94.7 cm³/mol. The molecule has 8 heteroatoms. The second-order valence-corrected chi connectivity index (χ2v) is 6.75. The molecule has 1 fully saturated rings. The SMILES string of the molecule is CC(C)(CNC(=O)COc1ccc(-c2nnco2)cc1)N1CCOCC1. The van der Waals surface area contributed by atoms with Crippen molar-refractivity contribution in [2.75, 3.05) is 39.5 Å². The molecule has 0 unspecified atom stereocenters. The van der Waals surface area contributed by atoms with Crippen molar-refractivity contribution in [3.05, 3.63) is 30.7 Å². The summed E-state index contributed by atoms with van der Waals surface area (Å²) in [6.45, 7) is 8.01. The Kier molecular flexibility index (Phi) is 5.85. The first-order chi connectivity index (χ1) is 12.5. The fourth-order valence-corrected chi connectivity index (χ4v) is 2.79. The van der Waals surface area contributed by atoms with Gasteiger partial charge in [-0.05, 0) is 38.1 Å². The zero-order valence-corrected chi connectivity index (χ0v) is 15.1. The molecule has 1 amide bonds. The molecule has 1 saturated heterocycles. The topological polar surface area (TPSA) is 89.7 Å². The summed E-state index contributed by atoms with van der Waals surface area (Å²) < 4.78 is 16.0. The van der Waals surface area contributed by atoms with E-state index in [4.69, 9.17) is 13.9 Å². The van der Waals surface area contributed by atoms with E-state index in [-0.39, 0.29) is 18.1 Å². The van der Waals surface area contributed by atoms with E-state index in [2.05, 4.69) is 34.3 Å². The number of hydrogen-bond acceptors (Lipinski definition) is 7. The van der Waals surface area contributed by atoms with Crippen molar-refractivity contribution in [3.63, 3.8) is 0 Å². The number of benzene rings is 1. The van der Waals surface area contributed by atoms with Crippen molar-refractivity contribution < 1.29 is 18.7 Å². The highest BCUT2D eigenvalue weighted by molar-refractivity contribution is 5.77. The average molecular weight is 360 g/mol. The minimum absolute atomic E-state index is 0.0287. The lowest BCUT2D eigenvalue weighted by Gasteiger charge is -2.40. The van der Waals surface area contributed by atoms with Crippen LogP contribution in [-0.4, -0.2) is 66.0 Å². The highest BCUT2D eigenvalue weighted by Gasteiger charge is 2.28. The molecule has 1 aromatic carbocycles. The lowest BCUT2D eigenvalue weighted by molar-refractivity contribution is -0.123. The fraction of sp³-hybridized carbons (Fsp3) is 0.500. The zero-order chi connectivity index (χ0) is 18.4. The quantitative estimate of drug-likeness (QED) is 0.797. The molecular formula is C18H24N4O4. The zero-order valence-electron chi connectivity index (χ0n) is 15.1. The molecule has 0 spiro atoms. The van der Waals surface area contributed by atoms with Crippen molar-refractivity contribution >= 4 is 5.91 Å². The minimum Gasteiger partial charge on any atom is -0.484 e. The largest absolute Gasteiger partial charge is 0.484 e. The maximum atomic E-state index is 12.1. The van der Waals surface area contributed by atoms with Crippen LogP contribution in [-0.2, 0) is 9.53 Å². The minimum atomic E-state index is -0.146. The summed E-state index contributed by atoms with van der Waals surface area (Å²) in [5.74, 6) is 0.905. The molecule has 140 valence electrons. The van der Waals surface area contributed by atoms with Gasteiger partial charge in [0.1, 0.15) is 5.75 Å². The Hall–Kier alpha value is -2.45. The number of nitrogens with zero attached hydrogens (tertiary/aromatic N) is 3. The molecule has 3 rings (SSSR count). The number of amides is 1. The number of hydrogen-bond donors (Lipinski definition) is 1. The average Bonchev–Trinajstić information content (AvgIpc) is 3.21. The predicted octanol–water partition coefficient (Wildman–Crippen LogP) is 1.34.